The summed E-state index contributed by atoms with van der Waals surface area (Å²) in [6, 6.07) is 6.58. The predicted octanol–water partition coefficient (Wildman–Crippen LogP) is 1.96. The average molecular weight is 277 g/mol. The Morgan fingerprint density at radius 1 is 1.40 bits per heavy atom. The number of benzene rings is 1. The fourth-order valence-electron chi connectivity index (χ4n) is 2.27. The molecule has 1 heterocycles. The molecule has 1 amide bonds. The number of carboxylic acid groups (broad SMARTS) is 1. The SMILES string of the molecule is O=C(CCC1CCCO1)NCc1cccc(C(=O)O)c1. The number of amides is 1. The van der Waals surface area contributed by atoms with E-state index >= 15 is 0 Å². The predicted molar refractivity (Wildman–Crippen MR) is 73.5 cm³/mol. The lowest BCUT2D eigenvalue weighted by atomic mass is 10.1. The molecule has 5 nitrogen and oxygen atoms in total. The molecule has 108 valence electrons. The summed E-state index contributed by atoms with van der Waals surface area (Å²) in [4.78, 5) is 22.5. The number of nitrogens with one attached hydrogen (secondary N) is 1. The molecular formula is C15H19NO4. The lowest BCUT2D eigenvalue weighted by Crippen LogP contribution is -2.24. The van der Waals surface area contributed by atoms with Crippen molar-refractivity contribution in [2.75, 3.05) is 6.61 Å². The minimum Gasteiger partial charge on any atom is -0.478 e. The maximum Gasteiger partial charge on any atom is 0.335 e. The molecule has 1 aromatic carbocycles. The molecule has 0 spiro atoms. The first kappa shape index (κ1) is 14.5. The van der Waals surface area contributed by atoms with Gasteiger partial charge < -0.3 is 15.2 Å². The quantitative estimate of drug-likeness (QED) is 0.833. The molecule has 0 aliphatic carbocycles. The van der Waals surface area contributed by atoms with Gasteiger partial charge in [-0.05, 0) is 37.0 Å². The van der Waals surface area contributed by atoms with E-state index in [0.717, 1.165) is 31.4 Å². The molecule has 0 saturated carbocycles. The maximum absolute atomic E-state index is 11.7. The lowest BCUT2D eigenvalue weighted by Gasteiger charge is -2.09. The van der Waals surface area contributed by atoms with E-state index < -0.39 is 5.97 Å². The zero-order valence-electron chi connectivity index (χ0n) is 11.3. The third-order valence-corrected chi connectivity index (χ3v) is 3.38. The molecule has 0 aromatic heterocycles. The third-order valence-electron chi connectivity index (χ3n) is 3.38. The van der Waals surface area contributed by atoms with Gasteiger partial charge in [0.2, 0.25) is 5.91 Å². The molecule has 0 radical (unpaired) electrons. The first-order valence-electron chi connectivity index (χ1n) is 6.85. The monoisotopic (exact) mass is 277 g/mol. The maximum atomic E-state index is 11.7. The summed E-state index contributed by atoms with van der Waals surface area (Å²) in [7, 11) is 0. The van der Waals surface area contributed by atoms with E-state index in [2.05, 4.69) is 5.32 Å². The van der Waals surface area contributed by atoms with Crippen LogP contribution in [0.4, 0.5) is 0 Å². The second kappa shape index (κ2) is 7.05. The van der Waals surface area contributed by atoms with Crippen LogP contribution in [0.3, 0.4) is 0 Å². The van der Waals surface area contributed by atoms with Crippen LogP contribution in [0, 0.1) is 0 Å². The Morgan fingerprint density at radius 3 is 2.95 bits per heavy atom. The number of aromatic carboxylic acids is 1. The van der Waals surface area contributed by atoms with Crippen molar-refractivity contribution in [3.63, 3.8) is 0 Å². The van der Waals surface area contributed by atoms with Gasteiger partial charge in [-0.3, -0.25) is 4.79 Å². The van der Waals surface area contributed by atoms with Gasteiger partial charge in [0, 0.05) is 19.6 Å². The highest BCUT2D eigenvalue weighted by Gasteiger charge is 2.16. The molecule has 1 unspecified atom stereocenters. The molecule has 2 N–H and O–H groups in total. The van der Waals surface area contributed by atoms with E-state index in [4.69, 9.17) is 9.84 Å². The molecular weight excluding hydrogens is 258 g/mol. The van der Waals surface area contributed by atoms with Gasteiger partial charge in [-0.15, -0.1) is 0 Å². The van der Waals surface area contributed by atoms with Gasteiger partial charge in [-0.25, -0.2) is 4.79 Å². The average Bonchev–Trinajstić information content (AvgIpc) is 2.96. The number of carboxylic acids is 1. The zero-order chi connectivity index (χ0) is 14.4. The molecule has 1 aromatic rings. The number of rotatable bonds is 6. The van der Waals surface area contributed by atoms with Gasteiger partial charge in [-0.1, -0.05) is 12.1 Å². The smallest absolute Gasteiger partial charge is 0.335 e. The van der Waals surface area contributed by atoms with E-state index in [1.54, 1.807) is 18.2 Å². The van der Waals surface area contributed by atoms with Crippen molar-refractivity contribution in [3.8, 4) is 0 Å². The Hall–Kier alpha value is -1.88. The number of hydrogen-bond donors (Lipinski definition) is 2. The summed E-state index contributed by atoms with van der Waals surface area (Å²) >= 11 is 0. The van der Waals surface area contributed by atoms with Crippen LogP contribution in [0.1, 0.15) is 41.6 Å². The Kier molecular flexibility index (Phi) is 5.12. The van der Waals surface area contributed by atoms with E-state index in [-0.39, 0.29) is 17.6 Å². The van der Waals surface area contributed by atoms with Crippen molar-refractivity contribution in [1.82, 2.24) is 5.32 Å². The van der Waals surface area contributed by atoms with Crippen LogP contribution in [0.15, 0.2) is 24.3 Å². The minimum absolute atomic E-state index is 0.0266. The van der Waals surface area contributed by atoms with E-state index in [1.807, 2.05) is 0 Å². The molecule has 2 rings (SSSR count). The van der Waals surface area contributed by atoms with Gasteiger partial charge in [0.1, 0.15) is 0 Å². The van der Waals surface area contributed by atoms with Gasteiger partial charge in [0.15, 0.2) is 0 Å². The molecule has 1 saturated heterocycles. The summed E-state index contributed by atoms with van der Waals surface area (Å²) < 4.78 is 5.46. The summed E-state index contributed by atoms with van der Waals surface area (Å²) in [5, 5.41) is 11.7. The topological polar surface area (TPSA) is 75.6 Å². The highest BCUT2D eigenvalue weighted by molar-refractivity contribution is 5.87. The fraction of sp³-hybridized carbons (Fsp3) is 0.467. The summed E-state index contributed by atoms with van der Waals surface area (Å²) in [5.74, 6) is -0.988. The first-order chi connectivity index (χ1) is 9.65. The standard InChI is InChI=1S/C15H19NO4/c17-14(7-6-13-5-2-8-20-13)16-10-11-3-1-4-12(9-11)15(18)19/h1,3-4,9,13H,2,5-8,10H2,(H,16,17)(H,18,19). The first-order valence-corrected chi connectivity index (χ1v) is 6.85. The van der Waals surface area contributed by atoms with Crippen molar-refractivity contribution in [1.29, 1.82) is 0 Å². The van der Waals surface area contributed by atoms with E-state index in [9.17, 15) is 9.59 Å². The Balaban J connectivity index is 1.75. The van der Waals surface area contributed by atoms with Gasteiger partial charge in [-0.2, -0.15) is 0 Å². The number of ether oxygens (including phenoxy) is 1. The third kappa shape index (κ3) is 4.35. The van der Waals surface area contributed by atoms with Crippen LogP contribution in [0.25, 0.3) is 0 Å². The van der Waals surface area contributed by atoms with Crippen LogP contribution in [0.2, 0.25) is 0 Å². The molecule has 1 fully saturated rings. The molecule has 5 heteroatoms. The van der Waals surface area contributed by atoms with E-state index in [0.29, 0.717) is 13.0 Å². The second-order valence-electron chi connectivity index (χ2n) is 4.96. The Labute approximate surface area is 117 Å². The van der Waals surface area contributed by atoms with Gasteiger partial charge in [0.05, 0.1) is 11.7 Å². The summed E-state index contributed by atoms with van der Waals surface area (Å²) in [6.07, 6.45) is 3.53. The van der Waals surface area contributed by atoms with Crippen LogP contribution in [-0.4, -0.2) is 29.7 Å². The summed E-state index contributed by atoms with van der Waals surface area (Å²) in [5.41, 5.74) is 1.02. The number of carbonyl (C=O) groups is 2. The zero-order valence-corrected chi connectivity index (χ0v) is 11.3. The van der Waals surface area contributed by atoms with Crippen LogP contribution >= 0.6 is 0 Å². The van der Waals surface area contributed by atoms with Gasteiger partial charge in [0.25, 0.3) is 0 Å². The molecule has 20 heavy (non-hydrogen) atoms. The fourth-order valence-corrected chi connectivity index (χ4v) is 2.27. The minimum atomic E-state index is -0.962. The molecule has 1 aliphatic heterocycles. The van der Waals surface area contributed by atoms with E-state index in [1.165, 1.54) is 6.07 Å². The lowest BCUT2D eigenvalue weighted by molar-refractivity contribution is -0.121. The van der Waals surface area contributed by atoms with Crippen molar-refractivity contribution in [3.05, 3.63) is 35.4 Å². The molecule has 1 aliphatic rings. The van der Waals surface area contributed by atoms with Gasteiger partial charge >= 0.3 is 5.97 Å². The normalized spacial score (nSPS) is 17.9. The van der Waals surface area contributed by atoms with Crippen LogP contribution in [0.5, 0.6) is 0 Å². The number of hydrogen-bond acceptors (Lipinski definition) is 3. The van der Waals surface area contributed by atoms with Crippen molar-refractivity contribution in [2.24, 2.45) is 0 Å². The van der Waals surface area contributed by atoms with Crippen LogP contribution in [-0.2, 0) is 16.1 Å². The van der Waals surface area contributed by atoms with Crippen molar-refractivity contribution >= 4 is 11.9 Å². The Morgan fingerprint density at radius 2 is 2.25 bits per heavy atom. The number of carbonyl (C=O) groups excluding carboxylic acids is 1. The van der Waals surface area contributed by atoms with Crippen molar-refractivity contribution in [2.45, 2.75) is 38.3 Å². The highest BCUT2D eigenvalue weighted by Crippen LogP contribution is 2.16. The highest BCUT2D eigenvalue weighted by atomic mass is 16.5. The second-order valence-corrected chi connectivity index (χ2v) is 4.96. The summed E-state index contributed by atoms with van der Waals surface area (Å²) in [6.45, 7) is 1.15. The Bertz CT molecular complexity index is 481. The largest absolute Gasteiger partial charge is 0.478 e. The molecule has 0 bridgehead atoms. The van der Waals surface area contributed by atoms with Crippen molar-refractivity contribution < 1.29 is 19.4 Å². The van der Waals surface area contributed by atoms with Crippen LogP contribution < -0.4 is 5.32 Å². The molecule has 1 atom stereocenters.